The third-order valence-electron chi connectivity index (χ3n) is 7.71. The highest BCUT2D eigenvalue weighted by molar-refractivity contribution is 5.89. The molecule has 11 heteroatoms. The summed E-state index contributed by atoms with van der Waals surface area (Å²) in [7, 11) is 0. The van der Waals surface area contributed by atoms with Crippen LogP contribution in [0.2, 0.25) is 0 Å². The molecule has 0 saturated carbocycles. The molecule has 11 nitrogen and oxygen atoms in total. The molecule has 3 fully saturated rings. The van der Waals surface area contributed by atoms with Gasteiger partial charge in [0.25, 0.3) is 0 Å². The Morgan fingerprint density at radius 2 is 1.70 bits per heavy atom. The Morgan fingerprint density at radius 1 is 0.973 bits per heavy atom. The van der Waals surface area contributed by atoms with Crippen LogP contribution in [0.5, 0.6) is 0 Å². The average Bonchev–Trinajstić information content (AvgIpc) is 2.95. The van der Waals surface area contributed by atoms with Gasteiger partial charge in [-0.05, 0) is 56.4 Å². The van der Waals surface area contributed by atoms with E-state index in [1.165, 1.54) is 0 Å². The normalized spacial score (nSPS) is 22.8. The van der Waals surface area contributed by atoms with Gasteiger partial charge in [0.15, 0.2) is 0 Å². The van der Waals surface area contributed by atoms with E-state index in [0.717, 1.165) is 43.6 Å². The zero-order chi connectivity index (χ0) is 26.4. The van der Waals surface area contributed by atoms with E-state index in [4.69, 9.17) is 5.26 Å². The summed E-state index contributed by atoms with van der Waals surface area (Å²) in [6, 6.07) is 7.78. The Balaban J connectivity index is 1.43. The number of likely N-dealkylation sites (tertiary alicyclic amines) is 2. The van der Waals surface area contributed by atoms with Gasteiger partial charge in [-0.25, -0.2) is 5.48 Å². The van der Waals surface area contributed by atoms with E-state index in [1.54, 1.807) is 11.5 Å². The van der Waals surface area contributed by atoms with Crippen molar-refractivity contribution in [2.24, 2.45) is 16.8 Å². The fourth-order valence-electron chi connectivity index (χ4n) is 5.74. The van der Waals surface area contributed by atoms with Crippen molar-refractivity contribution in [1.29, 1.82) is 10.5 Å². The highest BCUT2D eigenvalue weighted by Gasteiger charge is 2.42. The maximum Gasteiger partial charge on any atom is 0.249 e. The molecule has 2 N–H and O–H groups in total. The van der Waals surface area contributed by atoms with Gasteiger partial charge < -0.3 is 19.6 Å². The van der Waals surface area contributed by atoms with E-state index in [1.807, 2.05) is 35.0 Å². The fraction of sp³-hybridized carbons (Fsp3) is 0.577. The van der Waals surface area contributed by atoms with E-state index in [9.17, 15) is 20.1 Å². The van der Waals surface area contributed by atoms with Crippen LogP contribution in [0.4, 0.5) is 5.69 Å². The molecule has 1 aromatic carbocycles. The quantitative estimate of drug-likeness (QED) is 0.206. The maximum atomic E-state index is 13.6. The van der Waals surface area contributed by atoms with Crippen molar-refractivity contribution < 1.29 is 14.8 Å². The predicted molar refractivity (Wildman–Crippen MR) is 136 cm³/mol. The highest BCUT2D eigenvalue weighted by atomic mass is 16.5. The zero-order valence-corrected chi connectivity index (χ0v) is 21.3. The van der Waals surface area contributed by atoms with Crippen LogP contribution in [0.1, 0.15) is 36.8 Å². The molecule has 3 aliphatic rings. The van der Waals surface area contributed by atoms with Gasteiger partial charge in [-0.3, -0.25) is 14.8 Å². The second-order valence-electron chi connectivity index (χ2n) is 9.91. The Kier molecular flexibility index (Phi) is 8.47. The number of benzene rings is 1. The molecule has 0 spiro atoms. The fourth-order valence-corrected chi connectivity index (χ4v) is 5.74. The smallest absolute Gasteiger partial charge is 0.249 e. The summed E-state index contributed by atoms with van der Waals surface area (Å²) in [4.78, 5) is 38.3. The van der Waals surface area contributed by atoms with Gasteiger partial charge in [0.2, 0.25) is 24.0 Å². The topological polar surface area (TPSA) is 139 Å². The number of guanidine groups is 1. The first-order chi connectivity index (χ1) is 18.0. The lowest BCUT2D eigenvalue weighted by Crippen LogP contribution is -2.58. The van der Waals surface area contributed by atoms with Crippen molar-refractivity contribution in [2.75, 3.05) is 57.3 Å². The number of rotatable bonds is 3. The number of hydrogen-bond acceptors (Lipinski definition) is 7. The van der Waals surface area contributed by atoms with Crippen LogP contribution in [0.15, 0.2) is 23.2 Å². The minimum Gasteiger partial charge on any atom is -0.368 e. The first-order valence-electron chi connectivity index (χ1n) is 12.9. The molecule has 3 saturated heterocycles. The van der Waals surface area contributed by atoms with E-state index >= 15 is 0 Å². The Bertz CT molecular complexity index is 1110. The van der Waals surface area contributed by atoms with Crippen LogP contribution >= 0.6 is 0 Å². The summed E-state index contributed by atoms with van der Waals surface area (Å²) in [6.07, 6.45) is 5.51. The van der Waals surface area contributed by atoms with Gasteiger partial charge in [0, 0.05) is 58.0 Å². The Labute approximate surface area is 217 Å². The van der Waals surface area contributed by atoms with Crippen LogP contribution in [0, 0.1) is 41.5 Å². The van der Waals surface area contributed by atoms with Crippen molar-refractivity contribution in [1.82, 2.24) is 20.2 Å². The van der Waals surface area contributed by atoms with Crippen LogP contribution in [-0.2, 0) is 9.59 Å². The maximum absolute atomic E-state index is 13.6. The predicted octanol–water partition coefficient (Wildman–Crippen LogP) is 1.28. The SMILES string of the molecule is Cc1cc(C#N)ccc1N1CCN(C(=O)C2CCN(C(=NC#N)N3CCCCC3)CC2C(=O)NO)CC1. The molecule has 2 amide bonds. The van der Waals surface area contributed by atoms with Crippen molar-refractivity contribution in [3.8, 4) is 12.3 Å². The van der Waals surface area contributed by atoms with Gasteiger partial charge in [0.1, 0.15) is 0 Å². The number of carbonyl (C=O) groups is 2. The van der Waals surface area contributed by atoms with Crippen LogP contribution in [0.25, 0.3) is 0 Å². The standard InChI is InChI=1S/C26H34N8O3/c1-19-15-20(16-27)5-6-23(19)31-11-13-32(14-12-31)25(36)21-7-10-34(17-22(21)24(35)30-37)26(29-18-28)33-8-3-2-4-9-33/h5-6,15,21-22,37H,2-4,7-14,17H2,1H3,(H,30,35). The lowest BCUT2D eigenvalue weighted by molar-refractivity contribution is -0.147. The number of carbonyl (C=O) groups excluding carboxylic acids is 2. The van der Waals surface area contributed by atoms with Crippen molar-refractivity contribution in [3.05, 3.63) is 29.3 Å². The average molecular weight is 507 g/mol. The summed E-state index contributed by atoms with van der Waals surface area (Å²) in [5.74, 6) is -1.43. The highest BCUT2D eigenvalue weighted by Crippen LogP contribution is 2.29. The van der Waals surface area contributed by atoms with E-state index in [-0.39, 0.29) is 12.5 Å². The number of nitriles is 2. The molecule has 0 bridgehead atoms. The Morgan fingerprint density at radius 3 is 2.32 bits per heavy atom. The summed E-state index contributed by atoms with van der Waals surface area (Å²) in [5.41, 5.74) is 4.45. The molecule has 4 rings (SSSR count). The molecule has 196 valence electrons. The molecule has 3 aliphatic heterocycles. The van der Waals surface area contributed by atoms with Gasteiger partial charge in [0.05, 0.1) is 23.5 Å². The number of amides is 2. The molecule has 0 radical (unpaired) electrons. The molecule has 1 aromatic rings. The minimum absolute atomic E-state index is 0.0822. The summed E-state index contributed by atoms with van der Waals surface area (Å²) in [6.45, 7) is 6.68. The van der Waals surface area contributed by atoms with Gasteiger partial charge in [-0.2, -0.15) is 10.5 Å². The second kappa shape index (κ2) is 11.9. The zero-order valence-electron chi connectivity index (χ0n) is 21.3. The van der Waals surface area contributed by atoms with Crippen LogP contribution in [-0.4, -0.2) is 90.0 Å². The summed E-state index contributed by atoms with van der Waals surface area (Å²) in [5, 5.41) is 27.8. The third-order valence-corrected chi connectivity index (χ3v) is 7.71. The number of piperazine rings is 1. The molecule has 3 heterocycles. The first kappa shape index (κ1) is 26.2. The number of hydrogen-bond donors (Lipinski definition) is 2. The second-order valence-corrected chi connectivity index (χ2v) is 9.91. The molecule has 0 aromatic heterocycles. The number of nitrogens with zero attached hydrogens (tertiary/aromatic N) is 7. The number of anilines is 1. The van der Waals surface area contributed by atoms with Gasteiger partial charge in [-0.15, -0.1) is 4.99 Å². The number of aliphatic imine (C=N–C) groups is 1. The van der Waals surface area contributed by atoms with E-state index in [0.29, 0.717) is 50.7 Å². The number of nitrogens with one attached hydrogen (secondary N) is 1. The lowest BCUT2D eigenvalue weighted by atomic mass is 9.83. The number of aryl methyl sites for hydroxylation is 1. The van der Waals surface area contributed by atoms with Crippen molar-refractivity contribution in [2.45, 2.75) is 32.6 Å². The van der Waals surface area contributed by atoms with Crippen LogP contribution < -0.4 is 10.4 Å². The van der Waals surface area contributed by atoms with Crippen molar-refractivity contribution >= 4 is 23.5 Å². The number of hydroxylamine groups is 1. The van der Waals surface area contributed by atoms with Gasteiger partial charge >= 0.3 is 0 Å². The molecular weight excluding hydrogens is 472 g/mol. The minimum atomic E-state index is -0.751. The first-order valence-corrected chi connectivity index (χ1v) is 12.9. The van der Waals surface area contributed by atoms with Crippen LogP contribution in [0.3, 0.4) is 0 Å². The molecular formula is C26H34N8O3. The van der Waals surface area contributed by atoms with Gasteiger partial charge in [-0.1, -0.05) is 0 Å². The molecule has 0 aliphatic carbocycles. The number of piperidine rings is 2. The largest absolute Gasteiger partial charge is 0.368 e. The molecule has 2 atom stereocenters. The molecule has 2 unspecified atom stereocenters. The van der Waals surface area contributed by atoms with E-state index < -0.39 is 17.7 Å². The Hall–Kier alpha value is -3.83. The third kappa shape index (κ3) is 5.78. The van der Waals surface area contributed by atoms with E-state index in [2.05, 4.69) is 20.9 Å². The van der Waals surface area contributed by atoms with Crippen molar-refractivity contribution in [3.63, 3.8) is 0 Å². The molecule has 37 heavy (non-hydrogen) atoms. The summed E-state index contributed by atoms with van der Waals surface area (Å²) < 4.78 is 0. The summed E-state index contributed by atoms with van der Waals surface area (Å²) >= 11 is 0. The lowest BCUT2D eigenvalue weighted by Gasteiger charge is -2.44. The monoisotopic (exact) mass is 506 g/mol.